The third-order valence-electron chi connectivity index (χ3n) is 3.25. The summed E-state index contributed by atoms with van der Waals surface area (Å²) in [5.74, 6) is 1.15. The van der Waals surface area contributed by atoms with Crippen molar-refractivity contribution >= 4 is 11.0 Å². The van der Waals surface area contributed by atoms with Crippen molar-refractivity contribution in [2.24, 2.45) is 0 Å². The number of nitrogens with zero attached hydrogens (tertiary/aromatic N) is 3. The molecule has 1 aromatic carbocycles. The summed E-state index contributed by atoms with van der Waals surface area (Å²) in [4.78, 5) is 9.15. The summed E-state index contributed by atoms with van der Waals surface area (Å²) in [5, 5.41) is 0. The van der Waals surface area contributed by atoms with E-state index in [1.165, 1.54) is 5.52 Å². The second-order valence-electron chi connectivity index (χ2n) is 4.67. The highest BCUT2D eigenvalue weighted by molar-refractivity contribution is 5.76. The van der Waals surface area contributed by atoms with Gasteiger partial charge in [0.2, 0.25) is 0 Å². The molecule has 0 unspecified atom stereocenters. The Kier molecular flexibility index (Phi) is 3.27. The van der Waals surface area contributed by atoms with Crippen LogP contribution < -0.4 is 0 Å². The molecule has 0 aliphatic carbocycles. The van der Waals surface area contributed by atoms with Crippen LogP contribution in [0.15, 0.2) is 48.7 Å². The zero-order valence-corrected chi connectivity index (χ0v) is 11.1. The van der Waals surface area contributed by atoms with Crippen LogP contribution in [0.2, 0.25) is 0 Å². The van der Waals surface area contributed by atoms with E-state index >= 15 is 0 Å². The van der Waals surface area contributed by atoms with Gasteiger partial charge in [0.1, 0.15) is 5.82 Å². The molecule has 0 fully saturated rings. The molecule has 0 aliphatic heterocycles. The lowest BCUT2D eigenvalue weighted by Gasteiger charge is -2.08. The Balaban J connectivity index is 2.07. The molecule has 0 atom stereocenters. The molecule has 3 aromatic rings. The largest absolute Gasteiger partial charge is 0.322 e. The van der Waals surface area contributed by atoms with E-state index in [1.54, 1.807) is 0 Å². The molecule has 0 bridgehead atoms. The number of hydrogen-bond donors (Lipinski definition) is 0. The van der Waals surface area contributed by atoms with E-state index < -0.39 is 0 Å². The van der Waals surface area contributed by atoms with Gasteiger partial charge in [0.25, 0.3) is 0 Å². The lowest BCUT2D eigenvalue weighted by Crippen LogP contribution is -2.06. The summed E-state index contributed by atoms with van der Waals surface area (Å²) in [7, 11) is 0. The monoisotopic (exact) mass is 251 g/mol. The summed E-state index contributed by atoms with van der Waals surface area (Å²) in [6.07, 6.45) is 3.95. The summed E-state index contributed by atoms with van der Waals surface area (Å²) in [6, 6.07) is 14.3. The molecule has 0 N–H and O–H groups in total. The maximum absolute atomic E-state index is 4.73. The van der Waals surface area contributed by atoms with Crippen LogP contribution in [0, 0.1) is 0 Å². The molecule has 3 rings (SSSR count). The van der Waals surface area contributed by atoms with E-state index in [0.29, 0.717) is 0 Å². The van der Waals surface area contributed by atoms with Gasteiger partial charge in [0.15, 0.2) is 0 Å². The topological polar surface area (TPSA) is 30.7 Å². The van der Waals surface area contributed by atoms with E-state index in [-0.39, 0.29) is 0 Å². The van der Waals surface area contributed by atoms with Crippen LogP contribution in [0.1, 0.15) is 24.9 Å². The van der Waals surface area contributed by atoms with Crippen LogP contribution in [0.25, 0.3) is 11.0 Å². The van der Waals surface area contributed by atoms with E-state index in [0.717, 1.165) is 36.4 Å². The molecule has 2 heterocycles. The first kappa shape index (κ1) is 11.9. The Labute approximate surface area is 112 Å². The van der Waals surface area contributed by atoms with Gasteiger partial charge in [-0.1, -0.05) is 25.1 Å². The number of aromatic nitrogens is 3. The highest BCUT2D eigenvalue weighted by atomic mass is 15.1. The van der Waals surface area contributed by atoms with Crippen LogP contribution in [0.5, 0.6) is 0 Å². The Morgan fingerprint density at radius 3 is 2.68 bits per heavy atom. The van der Waals surface area contributed by atoms with Crippen molar-refractivity contribution in [1.29, 1.82) is 0 Å². The Morgan fingerprint density at radius 2 is 1.89 bits per heavy atom. The van der Waals surface area contributed by atoms with Gasteiger partial charge in [-0.3, -0.25) is 4.98 Å². The number of para-hydroxylation sites is 2. The molecule has 3 nitrogen and oxygen atoms in total. The molecule has 19 heavy (non-hydrogen) atoms. The first-order valence-corrected chi connectivity index (χ1v) is 6.72. The summed E-state index contributed by atoms with van der Waals surface area (Å²) in [6.45, 7) is 2.97. The van der Waals surface area contributed by atoms with Gasteiger partial charge in [0.05, 0.1) is 23.3 Å². The van der Waals surface area contributed by atoms with Gasteiger partial charge in [0, 0.05) is 12.6 Å². The van der Waals surface area contributed by atoms with Gasteiger partial charge >= 0.3 is 0 Å². The minimum absolute atomic E-state index is 0.788. The molecule has 0 saturated carbocycles. The Hall–Kier alpha value is -2.16. The molecular weight excluding hydrogens is 234 g/mol. The van der Waals surface area contributed by atoms with Crippen molar-refractivity contribution in [3.63, 3.8) is 0 Å². The lowest BCUT2D eigenvalue weighted by atomic mass is 10.3. The van der Waals surface area contributed by atoms with Crippen molar-refractivity contribution in [1.82, 2.24) is 14.5 Å². The van der Waals surface area contributed by atoms with Crippen LogP contribution in [0.4, 0.5) is 0 Å². The van der Waals surface area contributed by atoms with Crippen LogP contribution in [-0.2, 0) is 13.0 Å². The first-order chi connectivity index (χ1) is 9.38. The van der Waals surface area contributed by atoms with Crippen molar-refractivity contribution in [2.75, 3.05) is 0 Å². The predicted octanol–water partition coefficient (Wildman–Crippen LogP) is 3.43. The third kappa shape index (κ3) is 2.36. The molecule has 2 aromatic heterocycles. The summed E-state index contributed by atoms with van der Waals surface area (Å²) in [5.41, 5.74) is 3.33. The van der Waals surface area contributed by atoms with E-state index in [9.17, 15) is 0 Å². The second-order valence-corrected chi connectivity index (χ2v) is 4.67. The van der Waals surface area contributed by atoms with Crippen molar-refractivity contribution in [3.05, 3.63) is 60.2 Å². The smallest absolute Gasteiger partial charge is 0.110 e. The second kappa shape index (κ2) is 5.22. The van der Waals surface area contributed by atoms with Crippen molar-refractivity contribution in [3.8, 4) is 0 Å². The average molecular weight is 251 g/mol. The van der Waals surface area contributed by atoms with E-state index in [2.05, 4.69) is 40.7 Å². The molecule has 0 spiro atoms. The fraction of sp³-hybridized carbons (Fsp3) is 0.250. The standard InChI is InChI=1S/C16H17N3/c1-2-7-16-18-14-9-3-4-10-15(14)19(16)12-13-8-5-6-11-17-13/h3-6,8-11H,2,7,12H2,1H3. The first-order valence-electron chi connectivity index (χ1n) is 6.72. The molecule has 0 amide bonds. The fourth-order valence-corrected chi connectivity index (χ4v) is 2.37. The van der Waals surface area contributed by atoms with E-state index in [4.69, 9.17) is 4.98 Å². The van der Waals surface area contributed by atoms with Gasteiger partial charge in [-0.05, 0) is 30.7 Å². The van der Waals surface area contributed by atoms with Crippen molar-refractivity contribution in [2.45, 2.75) is 26.3 Å². The fourth-order valence-electron chi connectivity index (χ4n) is 2.37. The maximum atomic E-state index is 4.73. The van der Waals surface area contributed by atoms with Gasteiger partial charge in [-0.25, -0.2) is 4.98 Å². The highest BCUT2D eigenvalue weighted by Crippen LogP contribution is 2.18. The normalized spacial score (nSPS) is 11.0. The predicted molar refractivity (Wildman–Crippen MR) is 77.1 cm³/mol. The van der Waals surface area contributed by atoms with Gasteiger partial charge < -0.3 is 4.57 Å². The Bertz CT molecular complexity index is 671. The van der Waals surface area contributed by atoms with E-state index in [1.807, 2.05) is 24.4 Å². The summed E-state index contributed by atoms with van der Waals surface area (Å²) >= 11 is 0. The molecule has 96 valence electrons. The quantitative estimate of drug-likeness (QED) is 0.711. The zero-order chi connectivity index (χ0) is 13.1. The molecular formula is C16H17N3. The minimum Gasteiger partial charge on any atom is -0.322 e. The molecule has 3 heteroatoms. The number of hydrogen-bond acceptors (Lipinski definition) is 2. The maximum Gasteiger partial charge on any atom is 0.110 e. The number of benzene rings is 1. The van der Waals surface area contributed by atoms with Crippen LogP contribution >= 0.6 is 0 Å². The van der Waals surface area contributed by atoms with Crippen molar-refractivity contribution < 1.29 is 0 Å². The van der Waals surface area contributed by atoms with Crippen LogP contribution in [0.3, 0.4) is 0 Å². The number of rotatable bonds is 4. The SMILES string of the molecule is CCCc1nc2ccccc2n1Cc1ccccn1. The molecule has 0 radical (unpaired) electrons. The minimum atomic E-state index is 0.788. The number of imidazole rings is 1. The average Bonchev–Trinajstić information content (AvgIpc) is 2.79. The number of fused-ring (bicyclic) bond motifs is 1. The highest BCUT2D eigenvalue weighted by Gasteiger charge is 2.10. The van der Waals surface area contributed by atoms with Gasteiger partial charge in [-0.2, -0.15) is 0 Å². The Morgan fingerprint density at radius 1 is 1.05 bits per heavy atom. The molecule has 0 saturated heterocycles. The number of pyridine rings is 1. The summed E-state index contributed by atoms with van der Waals surface area (Å²) < 4.78 is 2.28. The lowest BCUT2D eigenvalue weighted by molar-refractivity contribution is 0.710. The molecule has 0 aliphatic rings. The third-order valence-corrected chi connectivity index (χ3v) is 3.25. The zero-order valence-electron chi connectivity index (χ0n) is 11.1. The number of aryl methyl sites for hydroxylation is 1. The van der Waals surface area contributed by atoms with Crippen LogP contribution in [-0.4, -0.2) is 14.5 Å². The van der Waals surface area contributed by atoms with Gasteiger partial charge in [-0.15, -0.1) is 0 Å².